The fraction of sp³-hybridized carbons (Fsp3) is 0.217. The van der Waals surface area contributed by atoms with Gasteiger partial charge in [0.05, 0.1) is 24.7 Å². The highest BCUT2D eigenvalue weighted by Gasteiger charge is 2.16. The molecule has 0 fully saturated rings. The summed E-state index contributed by atoms with van der Waals surface area (Å²) >= 11 is 0. The van der Waals surface area contributed by atoms with E-state index in [1.54, 1.807) is 44.7 Å². The van der Waals surface area contributed by atoms with Crippen molar-refractivity contribution in [2.45, 2.75) is 19.8 Å². The van der Waals surface area contributed by atoms with Crippen LogP contribution in [-0.4, -0.2) is 35.4 Å². The largest absolute Gasteiger partial charge is 0.481 e. The van der Waals surface area contributed by atoms with Gasteiger partial charge in [-0.05, 0) is 29.8 Å². The number of para-hydroxylation sites is 1. The summed E-state index contributed by atoms with van der Waals surface area (Å²) in [6.07, 6.45) is 1.74. The van der Waals surface area contributed by atoms with Gasteiger partial charge < -0.3 is 18.8 Å². The third kappa shape index (κ3) is 4.49. The van der Waals surface area contributed by atoms with Crippen molar-refractivity contribution in [1.29, 1.82) is 0 Å². The monoisotopic (exact) mass is 425 g/mol. The van der Waals surface area contributed by atoms with Crippen LogP contribution >= 0.6 is 0 Å². The standard InChI is InChI=1S/C23H21F2N3O3/c1-29-14-21-27-18-9-7-15(16-8-10-22(30-2)26-12-16)11-19(18)28(21)13-17-5-3-4-6-20(17)31-23(24)25/h3-12,23H,13-14H2,1-2H3. The molecular formula is C23H21F2N3O3. The van der Waals surface area contributed by atoms with E-state index in [2.05, 4.69) is 9.97 Å². The highest BCUT2D eigenvalue weighted by Crippen LogP contribution is 2.28. The number of benzene rings is 2. The Kier molecular flexibility index (Phi) is 6.08. The van der Waals surface area contributed by atoms with Crippen molar-refractivity contribution in [2.75, 3.05) is 14.2 Å². The molecule has 160 valence electrons. The highest BCUT2D eigenvalue weighted by atomic mass is 19.3. The molecule has 31 heavy (non-hydrogen) atoms. The van der Waals surface area contributed by atoms with Crippen molar-refractivity contribution in [3.05, 3.63) is 72.2 Å². The van der Waals surface area contributed by atoms with Crippen LogP contribution in [0.4, 0.5) is 8.78 Å². The molecule has 2 aromatic carbocycles. The number of hydrogen-bond donors (Lipinski definition) is 0. The number of halogens is 2. The van der Waals surface area contributed by atoms with Crippen LogP contribution in [0.5, 0.6) is 11.6 Å². The van der Waals surface area contributed by atoms with Gasteiger partial charge in [0.1, 0.15) is 18.2 Å². The van der Waals surface area contributed by atoms with E-state index < -0.39 is 6.61 Å². The van der Waals surface area contributed by atoms with Gasteiger partial charge in [-0.3, -0.25) is 0 Å². The molecule has 0 saturated carbocycles. The lowest BCUT2D eigenvalue weighted by molar-refractivity contribution is -0.0504. The Balaban J connectivity index is 1.78. The zero-order chi connectivity index (χ0) is 21.8. The topological polar surface area (TPSA) is 58.4 Å². The van der Waals surface area contributed by atoms with Gasteiger partial charge in [0.2, 0.25) is 5.88 Å². The number of methoxy groups -OCH3 is 2. The van der Waals surface area contributed by atoms with Crippen LogP contribution in [0.3, 0.4) is 0 Å². The molecule has 0 saturated heterocycles. The Labute approximate surface area is 178 Å². The summed E-state index contributed by atoms with van der Waals surface area (Å²) in [6, 6.07) is 16.4. The summed E-state index contributed by atoms with van der Waals surface area (Å²) in [5, 5.41) is 0. The van der Waals surface area contributed by atoms with Crippen LogP contribution in [0.25, 0.3) is 22.2 Å². The minimum Gasteiger partial charge on any atom is -0.481 e. The zero-order valence-electron chi connectivity index (χ0n) is 17.1. The minimum atomic E-state index is -2.90. The molecule has 4 rings (SSSR count). The third-order valence-corrected chi connectivity index (χ3v) is 4.90. The van der Waals surface area contributed by atoms with Gasteiger partial charge in [-0.15, -0.1) is 0 Å². The number of ether oxygens (including phenoxy) is 3. The van der Waals surface area contributed by atoms with Crippen molar-refractivity contribution in [3.8, 4) is 22.8 Å². The highest BCUT2D eigenvalue weighted by molar-refractivity contribution is 5.82. The molecule has 2 aromatic heterocycles. The summed E-state index contributed by atoms with van der Waals surface area (Å²) < 4.78 is 42.8. The number of alkyl halides is 2. The Morgan fingerprint density at radius 2 is 1.81 bits per heavy atom. The molecule has 0 unspecified atom stereocenters. The molecule has 2 heterocycles. The van der Waals surface area contributed by atoms with Crippen molar-refractivity contribution >= 4 is 11.0 Å². The Bertz CT molecular complexity index is 1180. The predicted molar refractivity (Wildman–Crippen MR) is 112 cm³/mol. The molecule has 0 aliphatic rings. The van der Waals surface area contributed by atoms with E-state index in [0.717, 1.165) is 22.2 Å². The number of fused-ring (bicyclic) bond motifs is 1. The summed E-state index contributed by atoms with van der Waals surface area (Å²) in [7, 11) is 3.16. The molecule has 0 bridgehead atoms. The lowest BCUT2D eigenvalue weighted by atomic mass is 10.1. The van der Waals surface area contributed by atoms with Crippen molar-refractivity contribution in [2.24, 2.45) is 0 Å². The minimum absolute atomic E-state index is 0.137. The van der Waals surface area contributed by atoms with Crippen LogP contribution in [0, 0.1) is 0 Å². The molecule has 0 atom stereocenters. The van der Waals surface area contributed by atoms with Crippen LogP contribution < -0.4 is 9.47 Å². The first-order valence-electron chi connectivity index (χ1n) is 9.60. The Hall–Kier alpha value is -3.52. The lowest BCUT2D eigenvalue weighted by Crippen LogP contribution is -2.09. The number of aromatic nitrogens is 3. The van der Waals surface area contributed by atoms with E-state index in [4.69, 9.17) is 14.2 Å². The predicted octanol–water partition coefficient (Wildman–Crippen LogP) is 4.90. The van der Waals surface area contributed by atoms with E-state index in [9.17, 15) is 8.78 Å². The first-order valence-corrected chi connectivity index (χ1v) is 9.60. The number of nitrogens with zero attached hydrogens (tertiary/aromatic N) is 3. The average Bonchev–Trinajstić information content (AvgIpc) is 3.11. The maximum atomic E-state index is 12.9. The molecule has 6 nitrogen and oxygen atoms in total. The second-order valence-electron chi connectivity index (χ2n) is 6.83. The molecular weight excluding hydrogens is 404 g/mol. The molecule has 0 aliphatic carbocycles. The number of imidazole rings is 1. The van der Waals surface area contributed by atoms with Crippen LogP contribution in [0.1, 0.15) is 11.4 Å². The zero-order valence-corrected chi connectivity index (χ0v) is 17.1. The molecule has 4 aromatic rings. The van der Waals surface area contributed by atoms with Crippen LogP contribution in [-0.2, 0) is 17.9 Å². The van der Waals surface area contributed by atoms with Gasteiger partial charge >= 0.3 is 6.61 Å². The smallest absolute Gasteiger partial charge is 0.387 e. The maximum absolute atomic E-state index is 12.9. The Morgan fingerprint density at radius 3 is 2.52 bits per heavy atom. The number of rotatable bonds is 8. The van der Waals surface area contributed by atoms with Gasteiger partial charge in [-0.2, -0.15) is 8.78 Å². The fourth-order valence-electron chi connectivity index (χ4n) is 3.46. The molecule has 0 spiro atoms. The molecule has 8 heteroatoms. The normalized spacial score (nSPS) is 11.3. The van der Waals surface area contributed by atoms with E-state index >= 15 is 0 Å². The molecule has 0 aliphatic heterocycles. The quantitative estimate of drug-likeness (QED) is 0.402. The van der Waals surface area contributed by atoms with Gasteiger partial charge in [-0.1, -0.05) is 24.3 Å². The van der Waals surface area contributed by atoms with Gasteiger partial charge in [0, 0.05) is 30.5 Å². The van der Waals surface area contributed by atoms with Gasteiger partial charge in [-0.25, -0.2) is 9.97 Å². The van der Waals surface area contributed by atoms with Crippen molar-refractivity contribution < 1.29 is 23.0 Å². The van der Waals surface area contributed by atoms with E-state index in [0.29, 0.717) is 23.8 Å². The third-order valence-electron chi connectivity index (χ3n) is 4.90. The fourth-order valence-corrected chi connectivity index (χ4v) is 3.46. The van der Waals surface area contributed by atoms with E-state index in [1.807, 2.05) is 28.8 Å². The second-order valence-corrected chi connectivity index (χ2v) is 6.83. The van der Waals surface area contributed by atoms with Crippen molar-refractivity contribution in [1.82, 2.24) is 14.5 Å². The summed E-state index contributed by atoms with van der Waals surface area (Å²) in [5.41, 5.74) is 4.13. The summed E-state index contributed by atoms with van der Waals surface area (Å²) in [4.78, 5) is 8.93. The molecule has 0 radical (unpaired) electrons. The average molecular weight is 425 g/mol. The van der Waals surface area contributed by atoms with Crippen molar-refractivity contribution in [3.63, 3.8) is 0 Å². The number of hydrogen-bond acceptors (Lipinski definition) is 5. The van der Waals surface area contributed by atoms with Crippen LogP contribution in [0.15, 0.2) is 60.8 Å². The van der Waals surface area contributed by atoms with Gasteiger partial charge in [0.15, 0.2) is 0 Å². The van der Waals surface area contributed by atoms with Gasteiger partial charge in [0.25, 0.3) is 0 Å². The van der Waals surface area contributed by atoms with E-state index in [1.165, 1.54) is 6.07 Å². The number of pyridine rings is 1. The van der Waals surface area contributed by atoms with Crippen LogP contribution in [0.2, 0.25) is 0 Å². The Morgan fingerprint density at radius 1 is 1.00 bits per heavy atom. The lowest BCUT2D eigenvalue weighted by Gasteiger charge is -2.14. The first-order chi connectivity index (χ1) is 15.1. The molecule has 0 N–H and O–H groups in total. The summed E-state index contributed by atoms with van der Waals surface area (Å²) in [5.74, 6) is 1.36. The SMILES string of the molecule is COCc1nc2ccc(-c3ccc(OC)nc3)cc2n1Cc1ccccc1OC(F)F. The second kappa shape index (κ2) is 9.09. The first kappa shape index (κ1) is 20.7. The summed E-state index contributed by atoms with van der Waals surface area (Å²) in [6.45, 7) is -2.30. The maximum Gasteiger partial charge on any atom is 0.387 e. The molecule has 0 amide bonds. The van der Waals surface area contributed by atoms with E-state index in [-0.39, 0.29) is 12.4 Å².